The minimum absolute atomic E-state index is 0.0863. The molecule has 2 aromatic carbocycles. The number of aryl methyl sites for hydroxylation is 1. The standard InChI is InChI=1S/C32H31FN6O3S/c1-21-9-10-24-25(11-12-28(33)27(24)20-43(40,41)19-23-6-2-3-15-35-23)30(21)42-31-26(8-5-16-36-31)29-13-17-37-32(39-29)38-22-7-4-14-34-18-22/h2-3,5-6,8-13,15-17,22,34H,4,7,14,18-20H2,1H3,(H,37,38,39)/t22-/m0/s1. The molecule has 0 bridgehead atoms. The average Bonchev–Trinajstić information content (AvgIpc) is 3.01. The van der Waals surface area contributed by atoms with Crippen LogP contribution in [0.1, 0.15) is 29.7 Å². The molecule has 11 heteroatoms. The first kappa shape index (κ1) is 28.6. The van der Waals surface area contributed by atoms with Crippen LogP contribution in [-0.4, -0.2) is 47.5 Å². The monoisotopic (exact) mass is 598 g/mol. The van der Waals surface area contributed by atoms with Gasteiger partial charge in [0.2, 0.25) is 11.8 Å². The summed E-state index contributed by atoms with van der Waals surface area (Å²) in [6.07, 6.45) is 6.98. The highest BCUT2D eigenvalue weighted by Gasteiger charge is 2.22. The first-order valence-corrected chi connectivity index (χ1v) is 15.9. The first-order chi connectivity index (χ1) is 20.9. The second-order valence-electron chi connectivity index (χ2n) is 10.6. The van der Waals surface area contributed by atoms with Crippen molar-refractivity contribution in [2.24, 2.45) is 0 Å². The highest BCUT2D eigenvalue weighted by Crippen LogP contribution is 2.38. The average molecular weight is 599 g/mol. The molecule has 1 aliphatic rings. The lowest BCUT2D eigenvalue weighted by Gasteiger charge is -2.23. The highest BCUT2D eigenvalue weighted by molar-refractivity contribution is 7.89. The number of anilines is 1. The highest BCUT2D eigenvalue weighted by atomic mass is 32.2. The van der Waals surface area contributed by atoms with Gasteiger partial charge in [-0.1, -0.05) is 18.2 Å². The molecule has 5 aromatic rings. The predicted molar refractivity (Wildman–Crippen MR) is 164 cm³/mol. The van der Waals surface area contributed by atoms with Gasteiger partial charge in [0.1, 0.15) is 11.6 Å². The molecule has 9 nitrogen and oxygen atoms in total. The van der Waals surface area contributed by atoms with Crippen LogP contribution in [0.2, 0.25) is 0 Å². The van der Waals surface area contributed by atoms with Crippen molar-refractivity contribution in [1.29, 1.82) is 0 Å². The number of rotatable bonds is 9. The van der Waals surface area contributed by atoms with Crippen molar-refractivity contribution in [3.8, 4) is 22.9 Å². The Morgan fingerprint density at radius 2 is 1.81 bits per heavy atom. The second kappa shape index (κ2) is 12.4. The number of piperidine rings is 1. The van der Waals surface area contributed by atoms with Gasteiger partial charge in [0.15, 0.2) is 9.84 Å². The van der Waals surface area contributed by atoms with Gasteiger partial charge in [-0.2, -0.15) is 0 Å². The Bertz CT molecular complexity index is 1860. The summed E-state index contributed by atoms with van der Waals surface area (Å²) in [4.78, 5) is 17.7. The molecule has 0 spiro atoms. The maximum Gasteiger partial charge on any atom is 0.228 e. The Kier molecular flexibility index (Phi) is 8.26. The molecule has 1 atom stereocenters. The molecule has 4 heterocycles. The van der Waals surface area contributed by atoms with Gasteiger partial charge in [-0.25, -0.2) is 27.8 Å². The molecular weight excluding hydrogens is 567 g/mol. The zero-order chi connectivity index (χ0) is 29.8. The number of sulfone groups is 1. The number of ether oxygens (including phenoxy) is 1. The van der Waals surface area contributed by atoms with Crippen LogP contribution in [0, 0.1) is 12.7 Å². The van der Waals surface area contributed by atoms with Gasteiger partial charge in [0, 0.05) is 42.1 Å². The van der Waals surface area contributed by atoms with Gasteiger partial charge < -0.3 is 15.4 Å². The molecular formula is C32H31FN6O3S. The molecule has 0 unspecified atom stereocenters. The zero-order valence-electron chi connectivity index (χ0n) is 23.6. The zero-order valence-corrected chi connectivity index (χ0v) is 24.4. The summed E-state index contributed by atoms with van der Waals surface area (Å²) in [5.74, 6) is -0.0632. The van der Waals surface area contributed by atoms with Crippen molar-refractivity contribution < 1.29 is 17.5 Å². The van der Waals surface area contributed by atoms with Gasteiger partial charge in [-0.05, 0) is 79.7 Å². The van der Waals surface area contributed by atoms with Crippen molar-refractivity contribution in [3.05, 3.63) is 102 Å². The number of fused-ring (bicyclic) bond motifs is 1. The van der Waals surface area contributed by atoms with Gasteiger partial charge in [0.05, 0.1) is 28.5 Å². The molecule has 43 heavy (non-hydrogen) atoms. The van der Waals surface area contributed by atoms with E-state index in [9.17, 15) is 8.42 Å². The van der Waals surface area contributed by atoms with Crippen LogP contribution >= 0.6 is 0 Å². The topological polar surface area (TPSA) is 119 Å². The Hall–Kier alpha value is -4.48. The minimum atomic E-state index is -3.72. The Labute approximate surface area is 249 Å². The van der Waals surface area contributed by atoms with E-state index in [1.165, 1.54) is 12.3 Å². The molecule has 1 fully saturated rings. The normalized spacial score (nSPS) is 15.3. The summed E-state index contributed by atoms with van der Waals surface area (Å²) < 4.78 is 47.8. The first-order valence-electron chi connectivity index (χ1n) is 14.1. The molecule has 2 N–H and O–H groups in total. The number of nitrogens with zero attached hydrogens (tertiary/aromatic N) is 4. The van der Waals surface area contributed by atoms with E-state index in [0.29, 0.717) is 45.3 Å². The fourth-order valence-electron chi connectivity index (χ4n) is 5.28. The third-order valence-corrected chi connectivity index (χ3v) is 8.86. The van der Waals surface area contributed by atoms with Crippen molar-refractivity contribution in [2.75, 3.05) is 18.4 Å². The van der Waals surface area contributed by atoms with E-state index in [1.54, 1.807) is 60.9 Å². The number of benzene rings is 2. The van der Waals surface area contributed by atoms with Crippen LogP contribution in [-0.2, 0) is 21.3 Å². The Balaban J connectivity index is 1.33. The Morgan fingerprint density at radius 3 is 2.63 bits per heavy atom. The third kappa shape index (κ3) is 6.63. The van der Waals surface area contributed by atoms with E-state index < -0.39 is 21.4 Å². The summed E-state index contributed by atoms with van der Waals surface area (Å²) in [6.45, 7) is 3.74. The summed E-state index contributed by atoms with van der Waals surface area (Å²) in [5, 5.41) is 7.82. The van der Waals surface area contributed by atoms with Crippen LogP contribution in [0.25, 0.3) is 22.0 Å². The summed E-state index contributed by atoms with van der Waals surface area (Å²) in [5.41, 5.74) is 2.57. The van der Waals surface area contributed by atoms with Gasteiger partial charge in [0.25, 0.3) is 0 Å². The maximum atomic E-state index is 15.2. The van der Waals surface area contributed by atoms with E-state index in [2.05, 4.69) is 25.6 Å². The second-order valence-corrected chi connectivity index (χ2v) is 12.7. The van der Waals surface area contributed by atoms with Crippen LogP contribution in [0.3, 0.4) is 0 Å². The molecule has 6 rings (SSSR count). The number of hydrogen-bond donors (Lipinski definition) is 2. The van der Waals surface area contributed by atoms with Crippen LogP contribution in [0.5, 0.6) is 11.6 Å². The van der Waals surface area contributed by atoms with Crippen molar-refractivity contribution >= 4 is 26.6 Å². The summed E-state index contributed by atoms with van der Waals surface area (Å²) in [7, 11) is -3.72. The number of halogens is 1. The molecule has 220 valence electrons. The molecule has 1 saturated heterocycles. The van der Waals surface area contributed by atoms with Gasteiger partial charge in [-0.15, -0.1) is 0 Å². The molecule has 0 amide bonds. The number of pyridine rings is 2. The lowest BCUT2D eigenvalue weighted by molar-refractivity contribution is 0.466. The number of nitrogens with one attached hydrogen (secondary N) is 2. The Morgan fingerprint density at radius 1 is 0.953 bits per heavy atom. The number of hydrogen-bond acceptors (Lipinski definition) is 9. The fourth-order valence-corrected chi connectivity index (χ4v) is 6.74. The maximum absolute atomic E-state index is 15.2. The van der Waals surface area contributed by atoms with Gasteiger partial charge >= 0.3 is 0 Å². The number of aromatic nitrogens is 4. The van der Waals surface area contributed by atoms with Crippen LogP contribution < -0.4 is 15.4 Å². The van der Waals surface area contributed by atoms with Crippen LogP contribution in [0.15, 0.2) is 79.3 Å². The SMILES string of the molecule is Cc1ccc2c(CS(=O)(=O)Cc3ccccn3)c(F)ccc2c1Oc1ncccc1-c1ccnc(N[C@H]2CCCNC2)n1. The smallest absolute Gasteiger partial charge is 0.228 e. The van der Waals surface area contributed by atoms with Crippen LogP contribution in [0.4, 0.5) is 10.3 Å². The van der Waals surface area contributed by atoms with E-state index in [4.69, 9.17) is 9.72 Å². The van der Waals surface area contributed by atoms with E-state index in [-0.39, 0.29) is 17.4 Å². The van der Waals surface area contributed by atoms with E-state index in [0.717, 1.165) is 31.5 Å². The third-order valence-electron chi connectivity index (χ3n) is 7.39. The lowest BCUT2D eigenvalue weighted by atomic mass is 10.0. The lowest BCUT2D eigenvalue weighted by Crippen LogP contribution is -2.38. The van der Waals surface area contributed by atoms with E-state index >= 15 is 4.39 Å². The summed E-state index contributed by atoms with van der Waals surface area (Å²) in [6, 6.07) is 17.2. The van der Waals surface area contributed by atoms with Crippen molar-refractivity contribution in [3.63, 3.8) is 0 Å². The molecule has 1 aliphatic heterocycles. The van der Waals surface area contributed by atoms with E-state index in [1.807, 2.05) is 13.0 Å². The minimum Gasteiger partial charge on any atom is -0.437 e. The fraction of sp³-hybridized carbons (Fsp3) is 0.250. The molecule has 3 aromatic heterocycles. The van der Waals surface area contributed by atoms with Crippen molar-refractivity contribution in [2.45, 2.75) is 37.3 Å². The van der Waals surface area contributed by atoms with Crippen molar-refractivity contribution in [1.82, 2.24) is 25.3 Å². The molecule has 0 aliphatic carbocycles. The molecule has 0 saturated carbocycles. The quantitative estimate of drug-likeness (QED) is 0.223. The predicted octanol–water partition coefficient (Wildman–Crippen LogP) is 5.61. The molecule has 0 radical (unpaired) electrons. The largest absolute Gasteiger partial charge is 0.437 e. The van der Waals surface area contributed by atoms with Gasteiger partial charge in [-0.3, -0.25) is 4.98 Å². The summed E-state index contributed by atoms with van der Waals surface area (Å²) >= 11 is 0.